The molecule has 1 aliphatic rings. The minimum atomic E-state index is -0.0391. The van der Waals surface area contributed by atoms with E-state index >= 15 is 0 Å². The van der Waals surface area contributed by atoms with E-state index in [0.29, 0.717) is 23.8 Å². The molecular weight excluding hydrogens is 392 g/mol. The van der Waals surface area contributed by atoms with E-state index in [-0.39, 0.29) is 9.80 Å². The topological polar surface area (TPSA) is 45.2 Å². The van der Waals surface area contributed by atoms with Crippen LogP contribution in [0.3, 0.4) is 0 Å². The van der Waals surface area contributed by atoms with Crippen molar-refractivity contribution in [3.05, 3.63) is 71.2 Å². The van der Waals surface area contributed by atoms with Crippen molar-refractivity contribution in [1.82, 2.24) is 9.88 Å². The molecule has 0 aliphatic carbocycles. The maximum atomic E-state index is 13.5. The van der Waals surface area contributed by atoms with Gasteiger partial charge in [-0.15, -0.1) is 0 Å². The number of hydrogen-bond acceptors (Lipinski definition) is 5. The van der Waals surface area contributed by atoms with Crippen molar-refractivity contribution >= 4 is 24.5 Å². The zero-order valence-corrected chi connectivity index (χ0v) is 19.3. The highest BCUT2D eigenvalue weighted by atomic mass is 32.1. The third-order valence-corrected chi connectivity index (χ3v) is 6.38. The first-order valence-corrected chi connectivity index (χ1v) is 11.0. The van der Waals surface area contributed by atoms with E-state index in [2.05, 4.69) is 66.4 Å². The summed E-state index contributed by atoms with van der Waals surface area (Å²) in [7, 11) is 0. The quantitative estimate of drug-likeness (QED) is 0.483. The second-order valence-electron chi connectivity index (χ2n) is 8.47. The van der Waals surface area contributed by atoms with Crippen LogP contribution < -0.4 is 5.32 Å². The maximum absolute atomic E-state index is 13.5. The molecule has 1 aliphatic heterocycles. The number of amides is 1. The summed E-state index contributed by atoms with van der Waals surface area (Å²) in [5.74, 6) is 1.20. The van der Waals surface area contributed by atoms with Crippen molar-refractivity contribution in [2.75, 3.05) is 25.0 Å². The number of nitrogens with zero attached hydrogens (tertiary/aromatic N) is 3. The van der Waals surface area contributed by atoms with E-state index in [4.69, 9.17) is 12.8 Å². The van der Waals surface area contributed by atoms with E-state index in [1.807, 2.05) is 19.1 Å². The highest BCUT2D eigenvalue weighted by molar-refractivity contribution is 7.74. The number of carbonyl (C=O) groups excluding carboxylic acids is 1. The Morgan fingerprint density at radius 2 is 2.00 bits per heavy atom. The molecule has 1 unspecified atom stereocenters. The molecule has 2 aromatic rings. The predicted molar refractivity (Wildman–Crippen MR) is 126 cm³/mol. The molecule has 0 fully saturated rings. The molecule has 0 spiro atoms. The van der Waals surface area contributed by atoms with Crippen molar-refractivity contribution < 1.29 is 8.68 Å². The summed E-state index contributed by atoms with van der Waals surface area (Å²) in [5.41, 5.74) is 4.09. The number of hydrogen-bond donors (Lipinski definition) is 2. The summed E-state index contributed by atoms with van der Waals surface area (Å²) in [6, 6.07) is 12.1. The van der Waals surface area contributed by atoms with E-state index in [9.17, 15) is 4.79 Å². The number of allylic oxidation sites excluding steroid dienone is 1. The highest BCUT2D eigenvalue weighted by Crippen LogP contribution is 2.31. The van der Waals surface area contributed by atoms with Gasteiger partial charge in [0.15, 0.2) is 0 Å². The Hall–Kier alpha value is -2.31. The van der Waals surface area contributed by atoms with Crippen molar-refractivity contribution in [2.24, 2.45) is 5.92 Å². The second kappa shape index (κ2) is 9.67. The lowest BCUT2D eigenvalue weighted by Crippen LogP contribution is -2.50. The number of anilines is 1. The van der Waals surface area contributed by atoms with Gasteiger partial charge in [0.25, 0.3) is 0 Å². The average Bonchev–Trinajstić information content (AvgIpc) is 2.72. The molecule has 2 heterocycles. The van der Waals surface area contributed by atoms with Crippen LogP contribution in [0.2, 0.25) is 0 Å². The molecule has 1 aromatic heterocycles. The van der Waals surface area contributed by atoms with Gasteiger partial charge in [-0.3, -0.25) is 0 Å². The SMILES string of the molecule is CC1=CN(Cc2ccccc2C)CC[N+]1(S)C(=O)c1cccnc1NCCC(C)C. The van der Waals surface area contributed by atoms with Gasteiger partial charge in [0.05, 0.1) is 25.6 Å². The Morgan fingerprint density at radius 1 is 1.23 bits per heavy atom. The minimum absolute atomic E-state index is 0.0190. The first kappa shape index (κ1) is 22.4. The molecule has 30 heavy (non-hydrogen) atoms. The standard InChI is InChI=1S/C24H32N4OS/c1-18(2)11-13-26-23-22(10-7-12-25-23)24(29)28(30)15-14-27(16-20(28)4)17-21-9-6-5-8-19(21)3/h5-10,12,16,18,30H,11,13-15,17H2,1-4H3/p+1. The molecule has 1 aromatic carbocycles. The first-order chi connectivity index (χ1) is 14.3. The second-order valence-corrected chi connectivity index (χ2v) is 9.16. The normalized spacial score (nSPS) is 19.0. The summed E-state index contributed by atoms with van der Waals surface area (Å²) in [4.78, 5) is 20.2. The van der Waals surface area contributed by atoms with Crippen molar-refractivity contribution in [3.8, 4) is 0 Å². The van der Waals surface area contributed by atoms with Crippen LogP contribution in [0.1, 0.15) is 48.7 Å². The van der Waals surface area contributed by atoms with Gasteiger partial charge in [-0.05, 0) is 42.5 Å². The zero-order valence-electron chi connectivity index (χ0n) is 18.4. The Morgan fingerprint density at radius 3 is 2.70 bits per heavy atom. The molecule has 0 radical (unpaired) electrons. The molecule has 5 nitrogen and oxygen atoms in total. The van der Waals surface area contributed by atoms with Gasteiger partial charge >= 0.3 is 5.91 Å². The van der Waals surface area contributed by atoms with Crippen molar-refractivity contribution in [1.29, 1.82) is 0 Å². The van der Waals surface area contributed by atoms with Crippen LogP contribution in [0, 0.1) is 12.8 Å². The largest absolute Gasteiger partial charge is 0.369 e. The van der Waals surface area contributed by atoms with E-state index in [1.54, 1.807) is 6.20 Å². The molecule has 1 N–H and O–H groups in total. The number of benzene rings is 1. The van der Waals surface area contributed by atoms with E-state index in [0.717, 1.165) is 31.8 Å². The summed E-state index contributed by atoms with van der Waals surface area (Å²) >= 11 is 4.85. The van der Waals surface area contributed by atoms with Gasteiger partial charge in [0.2, 0.25) is 0 Å². The Balaban J connectivity index is 1.77. The number of thiol groups is 1. The number of quaternary nitrogens is 1. The molecule has 0 saturated heterocycles. The molecule has 3 rings (SSSR count). The summed E-state index contributed by atoms with van der Waals surface area (Å²) in [6.07, 6.45) is 4.82. The monoisotopic (exact) mass is 425 g/mol. The lowest BCUT2D eigenvalue weighted by molar-refractivity contribution is -0.665. The van der Waals surface area contributed by atoms with Gasteiger partial charge in [-0.2, -0.15) is 3.89 Å². The summed E-state index contributed by atoms with van der Waals surface area (Å²) < 4.78 is -0.0190. The molecule has 1 amide bonds. The van der Waals surface area contributed by atoms with E-state index < -0.39 is 0 Å². The van der Waals surface area contributed by atoms with Gasteiger partial charge in [0.1, 0.15) is 23.6 Å². The van der Waals surface area contributed by atoms with Gasteiger partial charge < -0.3 is 10.2 Å². The zero-order chi connectivity index (χ0) is 21.7. The van der Waals surface area contributed by atoms with E-state index in [1.165, 1.54) is 11.1 Å². The smallest absolute Gasteiger partial charge is 0.365 e. The summed E-state index contributed by atoms with van der Waals surface area (Å²) in [5, 5.41) is 3.34. The van der Waals surface area contributed by atoms with Gasteiger partial charge in [-0.1, -0.05) is 38.1 Å². The summed E-state index contributed by atoms with van der Waals surface area (Å²) in [6.45, 7) is 11.5. The van der Waals surface area contributed by atoms with Crippen LogP contribution in [0.4, 0.5) is 5.82 Å². The van der Waals surface area contributed by atoms with Crippen LogP contribution in [-0.4, -0.2) is 39.3 Å². The van der Waals surface area contributed by atoms with Crippen LogP contribution in [0.25, 0.3) is 0 Å². The Labute approximate surface area is 185 Å². The number of aryl methyl sites for hydroxylation is 1. The van der Waals surface area contributed by atoms with Crippen LogP contribution in [0.15, 0.2) is 54.5 Å². The number of rotatable bonds is 7. The number of nitrogens with one attached hydrogen (secondary N) is 1. The lowest BCUT2D eigenvalue weighted by Gasteiger charge is -2.37. The predicted octanol–water partition coefficient (Wildman–Crippen LogP) is 5.03. The fourth-order valence-electron chi connectivity index (χ4n) is 3.66. The van der Waals surface area contributed by atoms with Gasteiger partial charge in [0, 0.05) is 26.2 Å². The van der Waals surface area contributed by atoms with Crippen molar-refractivity contribution in [3.63, 3.8) is 0 Å². The number of aromatic nitrogens is 1. The molecular formula is C24H33N4OS+. The highest BCUT2D eigenvalue weighted by Gasteiger charge is 2.41. The lowest BCUT2D eigenvalue weighted by atomic mass is 10.1. The van der Waals surface area contributed by atoms with Crippen molar-refractivity contribution in [2.45, 2.75) is 40.7 Å². The molecule has 160 valence electrons. The minimum Gasteiger partial charge on any atom is -0.369 e. The van der Waals surface area contributed by atoms with Crippen LogP contribution >= 0.6 is 12.8 Å². The molecule has 0 bridgehead atoms. The maximum Gasteiger partial charge on any atom is 0.365 e. The average molecular weight is 426 g/mol. The fraction of sp³-hybridized carbons (Fsp3) is 0.417. The Bertz CT molecular complexity index is 927. The third kappa shape index (κ3) is 5.05. The Kier molecular flexibility index (Phi) is 7.21. The van der Waals surface area contributed by atoms with Crippen LogP contribution in [0.5, 0.6) is 0 Å². The number of pyridine rings is 1. The molecule has 6 heteroatoms. The molecule has 1 atom stereocenters. The van der Waals surface area contributed by atoms with Crippen LogP contribution in [-0.2, 0) is 6.54 Å². The molecule has 0 saturated carbocycles. The number of carbonyl (C=O) groups is 1. The fourth-order valence-corrected chi connectivity index (χ4v) is 3.91. The van der Waals surface area contributed by atoms with Gasteiger partial charge in [-0.25, -0.2) is 9.78 Å². The first-order valence-electron chi connectivity index (χ1n) is 10.6. The third-order valence-electron chi connectivity index (χ3n) is 5.69.